The van der Waals surface area contributed by atoms with Crippen molar-refractivity contribution >= 4 is 51.9 Å². The highest BCUT2D eigenvalue weighted by Crippen LogP contribution is 2.32. The number of nitrogens with zero attached hydrogens (tertiary/aromatic N) is 2. The molecule has 1 aliphatic rings. The fourth-order valence-electron chi connectivity index (χ4n) is 2.35. The zero-order chi connectivity index (χ0) is 20.3. The van der Waals surface area contributed by atoms with Crippen molar-refractivity contribution in [3.05, 3.63) is 74.7 Å². The summed E-state index contributed by atoms with van der Waals surface area (Å²) < 4.78 is 5.33. The van der Waals surface area contributed by atoms with Gasteiger partial charge in [0.1, 0.15) is 5.75 Å². The molecule has 2 amide bonds. The summed E-state index contributed by atoms with van der Waals surface area (Å²) in [5.74, 6) is -0.419. The molecule has 2 aromatic carbocycles. The van der Waals surface area contributed by atoms with E-state index in [0.29, 0.717) is 10.7 Å². The van der Waals surface area contributed by atoms with Gasteiger partial charge in [-0.2, -0.15) is 5.01 Å². The molecule has 8 nitrogen and oxygen atoms in total. The molecule has 1 aliphatic heterocycles. The molecule has 0 saturated carbocycles. The molecule has 0 bridgehead atoms. The number of non-ortho nitro benzene ring substituents is 1. The van der Waals surface area contributed by atoms with Gasteiger partial charge in [-0.25, -0.2) is 0 Å². The molecular weight excluding hydrogens is 402 g/mol. The Hall–Kier alpha value is -3.24. The van der Waals surface area contributed by atoms with Gasteiger partial charge in [-0.05, 0) is 48.1 Å². The number of benzene rings is 2. The van der Waals surface area contributed by atoms with Crippen LogP contribution in [0, 0.1) is 10.1 Å². The summed E-state index contributed by atoms with van der Waals surface area (Å²) in [5, 5.41) is 11.7. The quantitative estimate of drug-likeness (QED) is 0.346. The van der Waals surface area contributed by atoms with E-state index in [4.69, 9.17) is 17.0 Å². The summed E-state index contributed by atoms with van der Waals surface area (Å²) in [6.45, 7) is 0. The molecule has 0 unspecified atom stereocenters. The van der Waals surface area contributed by atoms with Gasteiger partial charge in [-0.15, -0.1) is 0 Å². The van der Waals surface area contributed by atoms with Gasteiger partial charge in [0.05, 0.1) is 16.9 Å². The lowest BCUT2D eigenvalue weighted by molar-refractivity contribution is -0.384. The Morgan fingerprint density at radius 3 is 2.64 bits per heavy atom. The number of ether oxygens (including phenoxy) is 1. The number of nitrogens with one attached hydrogen (secondary N) is 1. The van der Waals surface area contributed by atoms with Gasteiger partial charge in [-0.3, -0.25) is 25.1 Å². The minimum atomic E-state index is -0.603. The lowest BCUT2D eigenvalue weighted by Crippen LogP contribution is -2.44. The van der Waals surface area contributed by atoms with Crippen LogP contribution in [0.1, 0.15) is 15.9 Å². The van der Waals surface area contributed by atoms with Crippen LogP contribution in [0.4, 0.5) is 5.69 Å². The van der Waals surface area contributed by atoms with E-state index in [-0.39, 0.29) is 15.6 Å². The zero-order valence-electron chi connectivity index (χ0n) is 14.4. The molecule has 142 valence electrons. The predicted molar refractivity (Wildman–Crippen MR) is 109 cm³/mol. The number of thioether (sulfide) groups is 1. The molecule has 0 aromatic heterocycles. The number of methoxy groups -OCH3 is 1. The predicted octanol–water partition coefficient (Wildman–Crippen LogP) is 3.15. The standard InChI is InChI=1S/C18H13N3O5S2/c1-26-14-4-2-3-11(9-14)10-15-17(23)20(18(27)28-15)19-16(22)12-5-7-13(8-6-12)21(24)25/h2-10H,1H3,(H,19,22)/b15-10-. The maximum absolute atomic E-state index is 12.6. The van der Waals surface area contributed by atoms with Crippen molar-refractivity contribution in [1.29, 1.82) is 0 Å². The maximum atomic E-state index is 12.6. The number of rotatable bonds is 5. The van der Waals surface area contributed by atoms with E-state index < -0.39 is 16.7 Å². The van der Waals surface area contributed by atoms with Gasteiger partial charge in [0.15, 0.2) is 4.32 Å². The van der Waals surface area contributed by atoms with Crippen LogP contribution in [0.3, 0.4) is 0 Å². The minimum absolute atomic E-state index is 0.136. The Labute approximate surface area is 169 Å². The zero-order valence-corrected chi connectivity index (χ0v) is 16.1. The number of thiocarbonyl (C=S) groups is 1. The van der Waals surface area contributed by atoms with Crippen molar-refractivity contribution in [2.45, 2.75) is 0 Å². The van der Waals surface area contributed by atoms with E-state index in [9.17, 15) is 19.7 Å². The van der Waals surface area contributed by atoms with Crippen LogP contribution >= 0.6 is 24.0 Å². The molecule has 1 saturated heterocycles. The molecule has 10 heteroatoms. The second-order valence-electron chi connectivity index (χ2n) is 5.54. The number of nitro benzene ring substituents is 1. The largest absolute Gasteiger partial charge is 0.497 e. The van der Waals surface area contributed by atoms with E-state index in [1.54, 1.807) is 31.4 Å². The molecule has 2 aromatic rings. The van der Waals surface area contributed by atoms with E-state index in [2.05, 4.69) is 5.43 Å². The number of hydrogen-bond donors (Lipinski definition) is 1. The normalized spacial score (nSPS) is 15.0. The monoisotopic (exact) mass is 415 g/mol. The maximum Gasteiger partial charge on any atom is 0.285 e. The summed E-state index contributed by atoms with van der Waals surface area (Å²) in [6.07, 6.45) is 1.65. The van der Waals surface area contributed by atoms with Gasteiger partial charge >= 0.3 is 0 Å². The van der Waals surface area contributed by atoms with Crippen LogP contribution in [-0.4, -0.2) is 33.2 Å². The Morgan fingerprint density at radius 1 is 1.29 bits per heavy atom. The van der Waals surface area contributed by atoms with Gasteiger partial charge in [0, 0.05) is 17.7 Å². The van der Waals surface area contributed by atoms with Crippen molar-refractivity contribution in [2.24, 2.45) is 0 Å². The SMILES string of the molecule is COc1cccc(/C=C2\SC(=S)N(NC(=O)c3ccc([N+](=O)[O-])cc3)C2=O)c1. The number of hydrazine groups is 1. The third kappa shape index (κ3) is 4.18. The Bertz CT molecular complexity index is 1000. The molecule has 0 atom stereocenters. The van der Waals surface area contributed by atoms with Crippen molar-refractivity contribution in [3.8, 4) is 5.75 Å². The van der Waals surface area contributed by atoms with Crippen LogP contribution in [0.25, 0.3) is 6.08 Å². The fraction of sp³-hybridized carbons (Fsp3) is 0.0556. The number of carbonyl (C=O) groups excluding carboxylic acids is 2. The first-order valence-electron chi connectivity index (χ1n) is 7.86. The molecule has 1 heterocycles. The smallest absolute Gasteiger partial charge is 0.285 e. The van der Waals surface area contributed by atoms with Crippen molar-refractivity contribution < 1.29 is 19.2 Å². The molecule has 28 heavy (non-hydrogen) atoms. The minimum Gasteiger partial charge on any atom is -0.497 e. The molecule has 3 rings (SSSR count). The average molecular weight is 415 g/mol. The second kappa shape index (κ2) is 8.19. The Balaban J connectivity index is 1.75. The number of amides is 2. The average Bonchev–Trinajstić information content (AvgIpc) is 2.95. The highest BCUT2D eigenvalue weighted by molar-refractivity contribution is 8.26. The fourth-order valence-corrected chi connectivity index (χ4v) is 3.53. The van der Waals surface area contributed by atoms with Crippen LogP contribution < -0.4 is 10.2 Å². The molecule has 0 spiro atoms. The lowest BCUT2D eigenvalue weighted by atomic mass is 10.2. The topological polar surface area (TPSA) is 102 Å². The summed E-state index contributed by atoms with van der Waals surface area (Å²) in [7, 11) is 1.55. The highest BCUT2D eigenvalue weighted by atomic mass is 32.2. The van der Waals surface area contributed by atoms with E-state index in [1.165, 1.54) is 24.3 Å². The summed E-state index contributed by atoms with van der Waals surface area (Å²) >= 11 is 6.24. The number of nitro groups is 1. The molecule has 0 radical (unpaired) electrons. The lowest BCUT2D eigenvalue weighted by Gasteiger charge is -2.15. The van der Waals surface area contributed by atoms with Crippen LogP contribution in [0.5, 0.6) is 5.75 Å². The van der Waals surface area contributed by atoms with Crippen molar-refractivity contribution in [1.82, 2.24) is 10.4 Å². The van der Waals surface area contributed by atoms with Gasteiger partial charge in [-0.1, -0.05) is 23.9 Å². The molecular formula is C18H13N3O5S2. The van der Waals surface area contributed by atoms with Gasteiger partial charge < -0.3 is 4.74 Å². The van der Waals surface area contributed by atoms with E-state index in [0.717, 1.165) is 22.3 Å². The first-order valence-corrected chi connectivity index (χ1v) is 9.09. The van der Waals surface area contributed by atoms with Crippen LogP contribution in [0.15, 0.2) is 53.4 Å². The third-order valence-corrected chi connectivity index (χ3v) is 5.04. The highest BCUT2D eigenvalue weighted by Gasteiger charge is 2.33. The summed E-state index contributed by atoms with van der Waals surface area (Å²) in [6, 6.07) is 12.2. The molecule has 0 aliphatic carbocycles. The first kappa shape index (κ1) is 19.5. The van der Waals surface area contributed by atoms with Crippen LogP contribution in [-0.2, 0) is 4.79 Å². The number of carbonyl (C=O) groups is 2. The summed E-state index contributed by atoms with van der Waals surface area (Å²) in [5.41, 5.74) is 3.21. The first-order chi connectivity index (χ1) is 13.4. The molecule has 1 fully saturated rings. The number of hydrogen-bond acceptors (Lipinski definition) is 7. The van der Waals surface area contributed by atoms with Crippen molar-refractivity contribution in [3.63, 3.8) is 0 Å². The molecule has 1 N–H and O–H groups in total. The summed E-state index contributed by atoms with van der Waals surface area (Å²) in [4.78, 5) is 35.4. The van der Waals surface area contributed by atoms with Gasteiger partial charge in [0.2, 0.25) is 0 Å². The second-order valence-corrected chi connectivity index (χ2v) is 7.21. The van der Waals surface area contributed by atoms with E-state index in [1.807, 2.05) is 6.07 Å². The third-order valence-electron chi connectivity index (χ3n) is 3.74. The Morgan fingerprint density at radius 2 is 2.00 bits per heavy atom. The van der Waals surface area contributed by atoms with Crippen molar-refractivity contribution in [2.75, 3.05) is 7.11 Å². The van der Waals surface area contributed by atoms with Gasteiger partial charge in [0.25, 0.3) is 17.5 Å². The van der Waals surface area contributed by atoms with Crippen LogP contribution in [0.2, 0.25) is 0 Å². The van der Waals surface area contributed by atoms with E-state index >= 15 is 0 Å². The Kier molecular flexibility index (Phi) is 5.71.